The van der Waals surface area contributed by atoms with Gasteiger partial charge in [-0.2, -0.15) is 4.37 Å². The van der Waals surface area contributed by atoms with E-state index < -0.39 is 0 Å². The Balaban J connectivity index is 2.24. The fourth-order valence-corrected chi connectivity index (χ4v) is 3.36. The van der Waals surface area contributed by atoms with Gasteiger partial charge < -0.3 is 5.32 Å². The summed E-state index contributed by atoms with van der Waals surface area (Å²) in [7, 11) is 0. The van der Waals surface area contributed by atoms with Gasteiger partial charge in [-0.3, -0.25) is 0 Å². The number of anilines is 1. The topological polar surface area (TPSA) is 63.6 Å². The summed E-state index contributed by atoms with van der Waals surface area (Å²) in [6.07, 6.45) is 1.93. The summed E-state index contributed by atoms with van der Waals surface area (Å²) in [6.45, 7) is 9.07. The molecule has 0 radical (unpaired) electrons. The van der Waals surface area contributed by atoms with Crippen molar-refractivity contribution in [2.75, 3.05) is 11.9 Å². The summed E-state index contributed by atoms with van der Waals surface area (Å²) >= 11 is 2.99. The Bertz CT molecular complexity index is 582. The summed E-state index contributed by atoms with van der Waals surface area (Å²) < 4.78 is 5.24. The van der Waals surface area contributed by atoms with Gasteiger partial charge in [0.2, 0.25) is 0 Å². The van der Waals surface area contributed by atoms with E-state index >= 15 is 0 Å². The van der Waals surface area contributed by atoms with E-state index in [0.29, 0.717) is 0 Å². The van der Waals surface area contributed by atoms with Crippen molar-refractivity contribution < 1.29 is 0 Å². The quantitative estimate of drug-likeness (QED) is 0.824. The van der Waals surface area contributed by atoms with Crippen LogP contribution in [0.25, 0.3) is 0 Å². The van der Waals surface area contributed by atoms with Crippen LogP contribution in [-0.4, -0.2) is 25.9 Å². The summed E-state index contributed by atoms with van der Waals surface area (Å²) in [4.78, 5) is 13.5. The van der Waals surface area contributed by atoms with Crippen molar-refractivity contribution in [3.63, 3.8) is 0 Å². The molecular weight excluding hydrogens is 290 g/mol. The lowest BCUT2D eigenvalue weighted by molar-refractivity contribution is 0.907. The second-order valence-corrected chi connectivity index (χ2v) is 6.40. The van der Waals surface area contributed by atoms with Crippen molar-refractivity contribution in [2.24, 2.45) is 0 Å². The van der Waals surface area contributed by atoms with Gasteiger partial charge in [0, 0.05) is 18.5 Å². The largest absolute Gasteiger partial charge is 0.370 e. The molecule has 2 heterocycles. The highest BCUT2D eigenvalue weighted by Gasteiger charge is 2.12. The van der Waals surface area contributed by atoms with E-state index in [1.54, 1.807) is 11.8 Å². The SMILES string of the molecule is CCCNc1nc(C)nc(Sc2nc(CC)ns2)c1C. The van der Waals surface area contributed by atoms with Gasteiger partial charge in [0.05, 0.1) is 0 Å². The molecule has 0 atom stereocenters. The van der Waals surface area contributed by atoms with Crippen LogP contribution in [0.3, 0.4) is 0 Å². The summed E-state index contributed by atoms with van der Waals surface area (Å²) in [5.41, 5.74) is 1.07. The molecule has 0 saturated carbocycles. The van der Waals surface area contributed by atoms with Gasteiger partial charge in [0.25, 0.3) is 0 Å². The number of aromatic nitrogens is 4. The van der Waals surface area contributed by atoms with Gasteiger partial charge in [-0.25, -0.2) is 15.0 Å². The molecule has 20 heavy (non-hydrogen) atoms. The Hall–Kier alpha value is -1.21. The van der Waals surface area contributed by atoms with E-state index in [4.69, 9.17) is 0 Å². The van der Waals surface area contributed by atoms with Crippen LogP contribution in [0.15, 0.2) is 9.37 Å². The Kier molecular flexibility index (Phi) is 5.31. The summed E-state index contributed by atoms with van der Waals surface area (Å²) in [6, 6.07) is 0. The average Bonchev–Trinajstić information content (AvgIpc) is 2.88. The normalized spacial score (nSPS) is 10.8. The smallest absolute Gasteiger partial charge is 0.176 e. The first-order valence-electron chi connectivity index (χ1n) is 6.73. The van der Waals surface area contributed by atoms with Crippen LogP contribution in [0.5, 0.6) is 0 Å². The lowest BCUT2D eigenvalue weighted by Gasteiger charge is -2.11. The van der Waals surface area contributed by atoms with Crippen LogP contribution in [0.1, 0.15) is 37.5 Å². The molecule has 0 unspecified atom stereocenters. The minimum absolute atomic E-state index is 0.775. The van der Waals surface area contributed by atoms with Crippen LogP contribution in [0.4, 0.5) is 5.82 Å². The molecule has 0 aromatic carbocycles. The fraction of sp³-hybridized carbons (Fsp3) is 0.538. The fourth-order valence-electron chi connectivity index (χ4n) is 1.62. The molecule has 0 fully saturated rings. The highest BCUT2D eigenvalue weighted by atomic mass is 32.2. The highest BCUT2D eigenvalue weighted by molar-refractivity contribution is 8.00. The number of nitrogens with one attached hydrogen (secondary N) is 1. The van der Waals surface area contributed by atoms with Gasteiger partial charge in [0.15, 0.2) is 4.34 Å². The first-order valence-corrected chi connectivity index (χ1v) is 8.32. The van der Waals surface area contributed by atoms with E-state index in [2.05, 4.69) is 38.5 Å². The van der Waals surface area contributed by atoms with E-state index in [-0.39, 0.29) is 0 Å². The minimum atomic E-state index is 0.775. The van der Waals surface area contributed by atoms with Crippen molar-refractivity contribution in [3.05, 3.63) is 17.2 Å². The Labute approximate surface area is 127 Å². The number of aryl methyl sites for hydroxylation is 2. The molecule has 7 heteroatoms. The molecule has 0 saturated heterocycles. The third kappa shape index (κ3) is 3.67. The Morgan fingerprint density at radius 3 is 2.60 bits per heavy atom. The molecule has 5 nitrogen and oxygen atoms in total. The molecule has 0 amide bonds. The van der Waals surface area contributed by atoms with E-state index in [1.165, 1.54) is 11.5 Å². The van der Waals surface area contributed by atoms with Crippen LogP contribution in [-0.2, 0) is 6.42 Å². The predicted molar refractivity (Wildman–Crippen MR) is 83.7 cm³/mol. The zero-order chi connectivity index (χ0) is 14.5. The molecule has 0 aliphatic heterocycles. The van der Waals surface area contributed by atoms with Gasteiger partial charge in [-0.05, 0) is 43.6 Å². The highest BCUT2D eigenvalue weighted by Crippen LogP contribution is 2.32. The number of nitrogens with zero attached hydrogens (tertiary/aromatic N) is 4. The molecule has 2 aromatic rings. The molecule has 0 aliphatic rings. The molecule has 108 valence electrons. The zero-order valence-electron chi connectivity index (χ0n) is 12.2. The monoisotopic (exact) mass is 309 g/mol. The van der Waals surface area contributed by atoms with E-state index in [1.807, 2.05) is 13.8 Å². The lowest BCUT2D eigenvalue weighted by atomic mass is 10.3. The average molecular weight is 309 g/mol. The maximum absolute atomic E-state index is 4.52. The van der Waals surface area contributed by atoms with Gasteiger partial charge in [-0.1, -0.05) is 13.8 Å². The van der Waals surface area contributed by atoms with Gasteiger partial charge in [-0.15, -0.1) is 0 Å². The second kappa shape index (κ2) is 6.99. The minimum Gasteiger partial charge on any atom is -0.370 e. The third-order valence-corrected chi connectivity index (χ3v) is 4.58. The maximum atomic E-state index is 4.52. The first kappa shape index (κ1) is 15.2. The van der Waals surface area contributed by atoms with Crippen molar-refractivity contribution in [3.8, 4) is 0 Å². The number of hydrogen-bond acceptors (Lipinski definition) is 7. The number of hydrogen-bond donors (Lipinski definition) is 1. The van der Waals surface area contributed by atoms with Crippen molar-refractivity contribution in [2.45, 2.75) is 49.9 Å². The van der Waals surface area contributed by atoms with Crippen molar-refractivity contribution in [1.29, 1.82) is 0 Å². The molecule has 2 aromatic heterocycles. The standard InChI is InChI=1S/C13H19N5S2/c1-5-7-14-11-8(3)12(16-9(4)15-11)19-13-17-10(6-2)18-20-13/h5-7H2,1-4H3,(H,14,15,16). The molecule has 1 N–H and O–H groups in total. The first-order chi connectivity index (χ1) is 9.63. The van der Waals surface area contributed by atoms with Crippen molar-refractivity contribution >= 4 is 29.1 Å². The molecule has 2 rings (SSSR count). The number of rotatable bonds is 6. The predicted octanol–water partition coefficient (Wildman–Crippen LogP) is 3.48. The van der Waals surface area contributed by atoms with Gasteiger partial charge >= 0.3 is 0 Å². The van der Waals surface area contributed by atoms with Crippen LogP contribution >= 0.6 is 23.3 Å². The molecule has 0 spiro atoms. The summed E-state index contributed by atoms with van der Waals surface area (Å²) in [5.74, 6) is 2.59. The maximum Gasteiger partial charge on any atom is 0.176 e. The molecule has 0 bridgehead atoms. The third-order valence-electron chi connectivity index (χ3n) is 2.71. The summed E-state index contributed by atoms with van der Waals surface area (Å²) in [5, 5.41) is 4.30. The van der Waals surface area contributed by atoms with E-state index in [0.717, 1.165) is 51.8 Å². The van der Waals surface area contributed by atoms with Crippen molar-refractivity contribution in [1.82, 2.24) is 19.3 Å². The molecular formula is C13H19N5S2. The second-order valence-electron chi connectivity index (χ2n) is 4.41. The Morgan fingerprint density at radius 2 is 1.95 bits per heavy atom. The lowest BCUT2D eigenvalue weighted by Crippen LogP contribution is -2.07. The zero-order valence-corrected chi connectivity index (χ0v) is 13.9. The van der Waals surface area contributed by atoms with Gasteiger partial charge in [0.1, 0.15) is 22.5 Å². The Morgan fingerprint density at radius 1 is 1.15 bits per heavy atom. The van der Waals surface area contributed by atoms with Crippen LogP contribution in [0, 0.1) is 13.8 Å². The molecule has 0 aliphatic carbocycles. The van der Waals surface area contributed by atoms with Crippen LogP contribution < -0.4 is 5.32 Å². The van der Waals surface area contributed by atoms with E-state index in [9.17, 15) is 0 Å². The van der Waals surface area contributed by atoms with Crippen LogP contribution in [0.2, 0.25) is 0 Å².